The lowest BCUT2D eigenvalue weighted by Gasteiger charge is -2.12. The molecule has 5 heteroatoms. The van der Waals surface area contributed by atoms with E-state index in [0.717, 1.165) is 5.46 Å². The second-order valence-corrected chi connectivity index (χ2v) is 3.17. The predicted molar refractivity (Wildman–Crippen MR) is 62.0 cm³/mol. The third-order valence-corrected chi connectivity index (χ3v) is 2.07. The third-order valence-electron chi connectivity index (χ3n) is 2.07. The van der Waals surface area contributed by atoms with E-state index in [1.807, 2.05) is 13.8 Å². The summed E-state index contributed by atoms with van der Waals surface area (Å²) in [4.78, 5) is 10.7. The van der Waals surface area contributed by atoms with E-state index in [2.05, 4.69) is 0 Å². The van der Waals surface area contributed by atoms with Crippen LogP contribution >= 0.6 is 0 Å². The van der Waals surface area contributed by atoms with Crippen LogP contribution in [0.1, 0.15) is 24.2 Å². The zero-order chi connectivity index (χ0) is 12.0. The van der Waals surface area contributed by atoms with Gasteiger partial charge in [0.25, 0.3) is 0 Å². The molecular weight excluding hydrogens is 207 g/mol. The average molecular weight is 222 g/mol. The summed E-state index contributed by atoms with van der Waals surface area (Å²) in [6.07, 6.45) is 0. The summed E-state index contributed by atoms with van der Waals surface area (Å²) in [5, 5.41) is 8.76. The molecule has 0 amide bonds. The van der Waals surface area contributed by atoms with Crippen LogP contribution in [0, 0.1) is 0 Å². The van der Waals surface area contributed by atoms with E-state index >= 15 is 0 Å². The number of hydrogen-bond acceptors (Lipinski definition) is 3. The first kappa shape index (κ1) is 12.7. The molecular formula is C11H15BO4. The van der Waals surface area contributed by atoms with Crippen LogP contribution in [-0.2, 0) is 9.31 Å². The minimum absolute atomic E-state index is 0.260. The van der Waals surface area contributed by atoms with Gasteiger partial charge in [0.05, 0.1) is 5.56 Å². The van der Waals surface area contributed by atoms with Gasteiger partial charge in [-0.1, -0.05) is 12.1 Å². The van der Waals surface area contributed by atoms with Crippen LogP contribution in [0.25, 0.3) is 0 Å². The van der Waals surface area contributed by atoms with Crippen LogP contribution in [0.15, 0.2) is 24.3 Å². The summed E-state index contributed by atoms with van der Waals surface area (Å²) in [5.41, 5.74) is 1.09. The lowest BCUT2D eigenvalue weighted by Crippen LogP contribution is -2.37. The van der Waals surface area contributed by atoms with E-state index < -0.39 is 13.1 Å². The molecule has 86 valence electrons. The first-order chi connectivity index (χ1) is 7.69. The summed E-state index contributed by atoms with van der Waals surface area (Å²) in [5.74, 6) is -0.934. The number of rotatable bonds is 6. The Hall–Kier alpha value is -1.33. The molecule has 0 spiro atoms. The maximum atomic E-state index is 10.7. The van der Waals surface area contributed by atoms with Crippen LogP contribution < -0.4 is 5.46 Å². The minimum atomic E-state index is -0.934. The second kappa shape index (κ2) is 6.30. The molecule has 0 saturated heterocycles. The quantitative estimate of drug-likeness (QED) is 0.733. The first-order valence-corrected chi connectivity index (χ1v) is 5.25. The van der Waals surface area contributed by atoms with Gasteiger partial charge in [0.2, 0.25) is 0 Å². The van der Waals surface area contributed by atoms with Crippen LogP contribution in [-0.4, -0.2) is 31.4 Å². The number of carboxylic acids is 1. The lowest BCUT2D eigenvalue weighted by molar-refractivity contribution is 0.0697. The zero-order valence-electron chi connectivity index (χ0n) is 9.47. The molecule has 0 aliphatic carbocycles. The second-order valence-electron chi connectivity index (χ2n) is 3.17. The highest BCUT2D eigenvalue weighted by molar-refractivity contribution is 6.61. The molecule has 0 unspecified atom stereocenters. The van der Waals surface area contributed by atoms with E-state index in [4.69, 9.17) is 14.4 Å². The maximum absolute atomic E-state index is 10.7. The summed E-state index contributed by atoms with van der Waals surface area (Å²) in [6.45, 7) is 4.87. The van der Waals surface area contributed by atoms with Crippen molar-refractivity contribution in [3.63, 3.8) is 0 Å². The summed E-state index contributed by atoms with van der Waals surface area (Å²) in [7, 11) is -0.419. The Morgan fingerprint density at radius 1 is 1.19 bits per heavy atom. The predicted octanol–water partition coefficient (Wildman–Crippen LogP) is 1.15. The molecule has 1 aromatic rings. The molecule has 0 saturated carbocycles. The minimum Gasteiger partial charge on any atom is -0.478 e. The fourth-order valence-electron chi connectivity index (χ4n) is 1.33. The number of aromatic carboxylic acids is 1. The van der Waals surface area contributed by atoms with E-state index in [0.29, 0.717) is 13.2 Å². The number of hydrogen-bond donors (Lipinski definition) is 1. The topological polar surface area (TPSA) is 55.8 Å². The smallest absolute Gasteiger partial charge is 0.478 e. The Labute approximate surface area is 95.3 Å². The van der Waals surface area contributed by atoms with Gasteiger partial charge < -0.3 is 14.4 Å². The van der Waals surface area contributed by atoms with E-state index in [-0.39, 0.29) is 5.56 Å². The van der Waals surface area contributed by atoms with Gasteiger partial charge in [-0.15, -0.1) is 0 Å². The van der Waals surface area contributed by atoms with Gasteiger partial charge in [-0.2, -0.15) is 0 Å². The number of carbonyl (C=O) groups is 1. The molecule has 4 nitrogen and oxygen atoms in total. The molecule has 16 heavy (non-hydrogen) atoms. The molecule has 1 aromatic carbocycles. The van der Waals surface area contributed by atoms with Crippen molar-refractivity contribution in [1.82, 2.24) is 0 Å². The van der Waals surface area contributed by atoms with Gasteiger partial charge in [-0.25, -0.2) is 4.79 Å². The van der Waals surface area contributed by atoms with Crippen molar-refractivity contribution in [2.75, 3.05) is 13.2 Å². The molecule has 0 aliphatic rings. The molecule has 0 atom stereocenters. The highest BCUT2D eigenvalue weighted by Gasteiger charge is 2.20. The first-order valence-electron chi connectivity index (χ1n) is 5.25. The molecule has 1 N–H and O–H groups in total. The van der Waals surface area contributed by atoms with Crippen molar-refractivity contribution in [3.05, 3.63) is 29.8 Å². The van der Waals surface area contributed by atoms with Crippen molar-refractivity contribution in [1.29, 1.82) is 0 Å². The van der Waals surface area contributed by atoms with Gasteiger partial charge in [0, 0.05) is 13.2 Å². The average Bonchev–Trinajstić information content (AvgIpc) is 2.29. The maximum Gasteiger partial charge on any atom is 0.493 e. The zero-order valence-corrected chi connectivity index (χ0v) is 9.47. The normalized spacial score (nSPS) is 10.1. The van der Waals surface area contributed by atoms with Crippen LogP contribution in [0.2, 0.25) is 0 Å². The van der Waals surface area contributed by atoms with E-state index in [1.54, 1.807) is 24.3 Å². The van der Waals surface area contributed by atoms with Crippen molar-refractivity contribution in [2.24, 2.45) is 0 Å². The van der Waals surface area contributed by atoms with Crippen LogP contribution in [0.4, 0.5) is 0 Å². The van der Waals surface area contributed by atoms with Crippen molar-refractivity contribution in [3.8, 4) is 0 Å². The lowest BCUT2D eigenvalue weighted by atomic mass is 9.78. The van der Waals surface area contributed by atoms with Gasteiger partial charge in [0.15, 0.2) is 0 Å². The van der Waals surface area contributed by atoms with Gasteiger partial charge >= 0.3 is 13.1 Å². The fraction of sp³-hybridized carbons (Fsp3) is 0.364. The Morgan fingerprint density at radius 3 is 2.06 bits per heavy atom. The van der Waals surface area contributed by atoms with Crippen LogP contribution in [0.3, 0.4) is 0 Å². The van der Waals surface area contributed by atoms with Crippen LogP contribution in [0.5, 0.6) is 0 Å². The number of benzene rings is 1. The fourth-order valence-corrected chi connectivity index (χ4v) is 1.33. The largest absolute Gasteiger partial charge is 0.493 e. The molecule has 0 radical (unpaired) electrons. The number of carboxylic acid groups (broad SMARTS) is 1. The van der Waals surface area contributed by atoms with Crippen molar-refractivity contribution in [2.45, 2.75) is 13.8 Å². The van der Waals surface area contributed by atoms with Crippen molar-refractivity contribution >= 4 is 18.6 Å². The standard InChI is InChI=1S/C11H15BO4/c1-3-15-12(16-4-2)10-7-5-9(6-8-10)11(13)14/h5-8H,3-4H2,1-2H3,(H,13,14). The summed E-state index contributed by atoms with van der Waals surface area (Å²) in [6, 6.07) is 6.50. The van der Waals surface area contributed by atoms with Gasteiger partial charge in [-0.05, 0) is 31.4 Å². The van der Waals surface area contributed by atoms with E-state index in [9.17, 15) is 4.79 Å². The molecule has 0 bridgehead atoms. The monoisotopic (exact) mass is 222 g/mol. The Kier molecular flexibility index (Phi) is 5.02. The Morgan fingerprint density at radius 2 is 1.69 bits per heavy atom. The Balaban J connectivity index is 2.80. The van der Waals surface area contributed by atoms with E-state index in [1.165, 1.54) is 0 Å². The highest BCUT2D eigenvalue weighted by atomic mass is 16.6. The molecule has 1 rings (SSSR count). The SMILES string of the molecule is CCOB(OCC)c1ccc(C(=O)O)cc1. The highest BCUT2D eigenvalue weighted by Crippen LogP contribution is 1.99. The van der Waals surface area contributed by atoms with Gasteiger partial charge in [0.1, 0.15) is 0 Å². The summed E-state index contributed by atoms with van der Waals surface area (Å²) < 4.78 is 10.8. The van der Waals surface area contributed by atoms with Crippen molar-refractivity contribution < 1.29 is 19.2 Å². The van der Waals surface area contributed by atoms with Gasteiger partial charge in [-0.3, -0.25) is 0 Å². The molecule has 0 fully saturated rings. The molecule has 0 aliphatic heterocycles. The molecule has 0 aromatic heterocycles. The summed E-state index contributed by atoms with van der Waals surface area (Å²) >= 11 is 0. The molecule has 0 heterocycles. The Bertz CT molecular complexity index is 330. The third kappa shape index (κ3) is 3.36.